The van der Waals surface area contributed by atoms with E-state index in [9.17, 15) is 9.59 Å². The molecule has 0 bridgehead atoms. The summed E-state index contributed by atoms with van der Waals surface area (Å²) in [5, 5.41) is 9.63. The molecule has 36 heavy (non-hydrogen) atoms. The van der Waals surface area contributed by atoms with Crippen LogP contribution in [0.15, 0.2) is 42.5 Å². The van der Waals surface area contributed by atoms with Gasteiger partial charge >= 0.3 is 6.09 Å². The number of hydrogen-bond acceptors (Lipinski definition) is 4. The van der Waals surface area contributed by atoms with E-state index < -0.39 is 6.09 Å². The van der Waals surface area contributed by atoms with Gasteiger partial charge in [0.15, 0.2) is 0 Å². The van der Waals surface area contributed by atoms with Crippen molar-refractivity contribution in [3.8, 4) is 11.5 Å². The standard InChI is InChI=1S/C30H38N2O4/c1-7-20-12-13-24-25(14-20)26(35-6)22-10-8-9-11-23(22)27(24)36-28(34)32-21-15-29(3,4)17-30(5,16-21)18-31-19(2)33/h8-14,21H,7,15-18H2,1-6H3,(H,31,33)(H,32,34). The van der Waals surface area contributed by atoms with E-state index in [1.165, 1.54) is 12.5 Å². The highest BCUT2D eigenvalue weighted by molar-refractivity contribution is 6.12. The van der Waals surface area contributed by atoms with Gasteiger partial charge in [-0.05, 0) is 48.1 Å². The number of rotatable bonds is 6. The summed E-state index contributed by atoms with van der Waals surface area (Å²) in [6.07, 6.45) is 3.03. The molecule has 6 nitrogen and oxygen atoms in total. The fourth-order valence-electron chi connectivity index (χ4n) is 6.19. The van der Waals surface area contributed by atoms with Gasteiger partial charge in [0.05, 0.1) is 7.11 Å². The van der Waals surface area contributed by atoms with Gasteiger partial charge in [0.1, 0.15) is 11.5 Å². The van der Waals surface area contributed by atoms with Crippen LogP contribution in [-0.4, -0.2) is 31.7 Å². The number of ether oxygens (including phenoxy) is 2. The minimum atomic E-state index is -0.462. The van der Waals surface area contributed by atoms with Crippen LogP contribution in [0.5, 0.6) is 11.5 Å². The van der Waals surface area contributed by atoms with Crippen molar-refractivity contribution in [1.29, 1.82) is 0 Å². The van der Waals surface area contributed by atoms with Crippen LogP contribution in [0.3, 0.4) is 0 Å². The fourth-order valence-corrected chi connectivity index (χ4v) is 6.19. The van der Waals surface area contributed by atoms with Crippen LogP contribution in [0.25, 0.3) is 21.5 Å². The first-order valence-corrected chi connectivity index (χ1v) is 12.8. The maximum absolute atomic E-state index is 13.3. The maximum atomic E-state index is 13.3. The van der Waals surface area contributed by atoms with E-state index in [0.29, 0.717) is 12.3 Å². The van der Waals surface area contributed by atoms with Gasteiger partial charge in [0, 0.05) is 41.1 Å². The average Bonchev–Trinajstić information content (AvgIpc) is 2.81. The Labute approximate surface area is 213 Å². The van der Waals surface area contributed by atoms with Crippen molar-refractivity contribution in [2.45, 2.75) is 66.3 Å². The Hall–Kier alpha value is -3.28. The molecular weight excluding hydrogens is 452 g/mol. The summed E-state index contributed by atoms with van der Waals surface area (Å²) in [5.74, 6) is 1.29. The van der Waals surface area contributed by atoms with Crippen molar-refractivity contribution in [2.75, 3.05) is 13.7 Å². The third kappa shape index (κ3) is 5.43. The van der Waals surface area contributed by atoms with E-state index in [-0.39, 0.29) is 22.8 Å². The molecule has 3 aromatic carbocycles. The van der Waals surface area contributed by atoms with Crippen LogP contribution in [0, 0.1) is 10.8 Å². The van der Waals surface area contributed by atoms with Crippen molar-refractivity contribution < 1.29 is 19.1 Å². The van der Waals surface area contributed by atoms with Crippen LogP contribution < -0.4 is 20.1 Å². The first kappa shape index (κ1) is 25.8. The molecule has 0 saturated heterocycles. The third-order valence-electron chi connectivity index (χ3n) is 7.33. The zero-order valence-corrected chi connectivity index (χ0v) is 22.3. The van der Waals surface area contributed by atoms with Gasteiger partial charge in [-0.25, -0.2) is 4.79 Å². The van der Waals surface area contributed by atoms with Crippen molar-refractivity contribution in [3.05, 3.63) is 48.0 Å². The minimum absolute atomic E-state index is 0.0273. The van der Waals surface area contributed by atoms with Crippen molar-refractivity contribution in [2.24, 2.45) is 10.8 Å². The maximum Gasteiger partial charge on any atom is 0.412 e. The third-order valence-corrected chi connectivity index (χ3v) is 7.33. The summed E-state index contributed by atoms with van der Waals surface area (Å²) >= 11 is 0. The molecule has 0 aliphatic heterocycles. The normalized spacial score (nSPS) is 21.2. The lowest BCUT2D eigenvalue weighted by Gasteiger charge is -2.46. The number of carbonyl (C=O) groups excluding carboxylic acids is 2. The zero-order chi connectivity index (χ0) is 26.1. The molecule has 2 unspecified atom stereocenters. The molecule has 2 amide bonds. The Morgan fingerprint density at radius 1 is 0.972 bits per heavy atom. The topological polar surface area (TPSA) is 76.7 Å². The molecule has 0 aromatic heterocycles. The van der Waals surface area contributed by atoms with Gasteiger partial charge < -0.3 is 20.1 Å². The fraction of sp³-hybridized carbons (Fsp3) is 0.467. The molecule has 0 spiro atoms. The van der Waals surface area contributed by atoms with Crippen molar-refractivity contribution in [3.63, 3.8) is 0 Å². The molecule has 6 heteroatoms. The molecule has 1 fully saturated rings. The Bertz CT molecular complexity index is 1300. The highest BCUT2D eigenvalue weighted by Crippen LogP contribution is 2.46. The van der Waals surface area contributed by atoms with Crippen LogP contribution in [0.4, 0.5) is 4.79 Å². The van der Waals surface area contributed by atoms with Crippen LogP contribution in [0.1, 0.15) is 59.4 Å². The average molecular weight is 491 g/mol. The second-order valence-electron chi connectivity index (χ2n) is 11.3. The van der Waals surface area contributed by atoms with E-state index >= 15 is 0 Å². The second kappa shape index (κ2) is 10.00. The summed E-state index contributed by atoms with van der Waals surface area (Å²) in [6.45, 7) is 10.9. The minimum Gasteiger partial charge on any atom is -0.495 e. The molecular formula is C30H38N2O4. The number of fused-ring (bicyclic) bond motifs is 2. The zero-order valence-electron chi connectivity index (χ0n) is 22.3. The molecule has 2 N–H and O–H groups in total. The number of methoxy groups -OCH3 is 1. The molecule has 1 aliphatic rings. The highest BCUT2D eigenvalue weighted by Gasteiger charge is 2.42. The predicted molar refractivity (Wildman–Crippen MR) is 145 cm³/mol. The number of benzene rings is 3. The Kier molecular flexibility index (Phi) is 7.17. The van der Waals surface area contributed by atoms with Gasteiger partial charge in [-0.3, -0.25) is 4.79 Å². The van der Waals surface area contributed by atoms with E-state index in [1.54, 1.807) is 7.11 Å². The molecule has 0 heterocycles. The summed E-state index contributed by atoms with van der Waals surface area (Å²) in [5.41, 5.74) is 1.11. The number of hydrogen-bond donors (Lipinski definition) is 2. The van der Waals surface area contributed by atoms with Crippen molar-refractivity contribution >= 4 is 33.5 Å². The monoisotopic (exact) mass is 490 g/mol. The first-order chi connectivity index (χ1) is 17.0. The van der Waals surface area contributed by atoms with Gasteiger partial charge in [0.2, 0.25) is 5.91 Å². The summed E-state index contributed by atoms with van der Waals surface area (Å²) in [4.78, 5) is 24.8. The Morgan fingerprint density at radius 2 is 1.64 bits per heavy atom. The lowest BCUT2D eigenvalue weighted by atomic mass is 9.62. The van der Waals surface area contributed by atoms with E-state index in [0.717, 1.165) is 53.0 Å². The first-order valence-electron chi connectivity index (χ1n) is 12.8. The van der Waals surface area contributed by atoms with Gasteiger partial charge in [-0.2, -0.15) is 0 Å². The molecule has 1 aliphatic carbocycles. The summed E-state index contributed by atoms with van der Waals surface area (Å²) in [6, 6.07) is 14.0. The molecule has 4 rings (SSSR count). The molecule has 1 saturated carbocycles. The quantitative estimate of drug-likeness (QED) is 0.394. The molecule has 192 valence electrons. The highest BCUT2D eigenvalue weighted by atomic mass is 16.6. The Balaban J connectivity index is 1.65. The smallest absolute Gasteiger partial charge is 0.412 e. The van der Waals surface area contributed by atoms with Crippen molar-refractivity contribution in [1.82, 2.24) is 10.6 Å². The lowest BCUT2D eigenvalue weighted by Crippen LogP contribution is -2.50. The number of nitrogens with one attached hydrogen (secondary N) is 2. The summed E-state index contributed by atoms with van der Waals surface area (Å²) in [7, 11) is 1.68. The predicted octanol–water partition coefficient (Wildman–Crippen LogP) is 6.37. The van der Waals surface area contributed by atoms with Crippen LogP contribution >= 0.6 is 0 Å². The number of amides is 2. The number of aryl methyl sites for hydroxylation is 1. The lowest BCUT2D eigenvalue weighted by molar-refractivity contribution is -0.119. The Morgan fingerprint density at radius 3 is 2.28 bits per heavy atom. The van der Waals surface area contributed by atoms with Gasteiger partial charge in [0.25, 0.3) is 0 Å². The van der Waals surface area contributed by atoms with Gasteiger partial charge in [-0.1, -0.05) is 64.1 Å². The van der Waals surface area contributed by atoms with Crippen LogP contribution in [-0.2, 0) is 11.2 Å². The molecule has 0 radical (unpaired) electrons. The molecule has 3 aromatic rings. The van der Waals surface area contributed by atoms with E-state index in [4.69, 9.17) is 9.47 Å². The SMILES string of the molecule is CCc1ccc2c(OC(=O)NC3CC(C)(C)CC(C)(CNC(C)=O)C3)c3ccccc3c(OC)c2c1. The van der Waals surface area contributed by atoms with Crippen LogP contribution in [0.2, 0.25) is 0 Å². The van der Waals surface area contributed by atoms with E-state index in [2.05, 4.69) is 50.5 Å². The summed E-state index contributed by atoms with van der Waals surface area (Å²) < 4.78 is 11.9. The largest absolute Gasteiger partial charge is 0.495 e. The molecule has 2 atom stereocenters. The van der Waals surface area contributed by atoms with Gasteiger partial charge in [-0.15, -0.1) is 0 Å². The van der Waals surface area contributed by atoms with E-state index in [1.807, 2.05) is 30.3 Å². The number of carbonyl (C=O) groups is 2. The second-order valence-corrected chi connectivity index (χ2v) is 11.3.